The van der Waals surface area contributed by atoms with Gasteiger partial charge in [0.25, 0.3) is 5.56 Å². The van der Waals surface area contributed by atoms with E-state index >= 15 is 0 Å². The van der Waals surface area contributed by atoms with Gasteiger partial charge in [0.15, 0.2) is 5.78 Å². The number of benzene rings is 3. The summed E-state index contributed by atoms with van der Waals surface area (Å²) in [5.41, 5.74) is 2.92. The number of aromatic nitrogens is 1. The minimum Gasteiger partial charge on any atom is -0.744 e. The molecular formula is C23H14N2Na2O8S2. The number of fused-ring (bicyclic) bond motifs is 2. The molecule has 4 aromatic rings. The molecule has 0 bridgehead atoms. The monoisotopic (exact) mass is 556 g/mol. The van der Waals surface area contributed by atoms with E-state index in [-0.39, 0.29) is 81.0 Å². The summed E-state index contributed by atoms with van der Waals surface area (Å²) in [6.45, 7) is 0. The van der Waals surface area contributed by atoms with Crippen LogP contribution in [-0.4, -0.2) is 23.3 Å². The van der Waals surface area contributed by atoms with Crippen LogP contribution in [0.2, 0.25) is 0 Å². The van der Waals surface area contributed by atoms with Crippen molar-refractivity contribution in [2.45, 2.75) is 9.79 Å². The van der Waals surface area contributed by atoms with Crippen molar-refractivity contribution >= 4 is 50.2 Å². The Hall–Kier alpha value is -1.52. The predicted molar refractivity (Wildman–Crippen MR) is 124 cm³/mol. The summed E-state index contributed by atoms with van der Waals surface area (Å²) in [6.07, 6.45) is 0. The van der Waals surface area contributed by atoms with Crippen molar-refractivity contribution in [3.63, 3.8) is 0 Å². The molecule has 0 atom stereocenters. The molecule has 0 fully saturated rings. The third kappa shape index (κ3) is 5.48. The molecule has 178 valence electrons. The quantitative estimate of drug-likeness (QED) is 0.0739. The summed E-state index contributed by atoms with van der Waals surface area (Å²) in [7, 11) is -3.17. The zero-order chi connectivity index (χ0) is 24.9. The number of aryl methyl sites for hydroxylation is 1. The first kappa shape index (κ1) is 30.0. The maximum Gasteiger partial charge on any atom is 1.00 e. The van der Waals surface area contributed by atoms with E-state index in [2.05, 4.69) is 14.7 Å². The van der Waals surface area contributed by atoms with E-state index < -0.39 is 15.0 Å². The molecule has 0 spiro atoms. The smallest absolute Gasteiger partial charge is 0.744 e. The van der Waals surface area contributed by atoms with Gasteiger partial charge in [-0.15, -0.1) is 0 Å². The van der Waals surface area contributed by atoms with Gasteiger partial charge in [0.2, 0.25) is 0 Å². The number of anilines is 2. The van der Waals surface area contributed by atoms with Crippen LogP contribution in [0.3, 0.4) is 0 Å². The maximum atomic E-state index is 13.6. The zero-order valence-electron chi connectivity index (χ0n) is 19.8. The average Bonchev–Trinajstić information content (AvgIpc) is 2.84. The fraction of sp³-hybridized carbons (Fsp3) is 0.0435. The Balaban J connectivity index is 0.00000190. The average molecular weight is 556 g/mol. The number of ketones is 1. The van der Waals surface area contributed by atoms with E-state index in [4.69, 9.17) is 0 Å². The van der Waals surface area contributed by atoms with Crippen molar-refractivity contribution in [3.05, 3.63) is 82.1 Å². The van der Waals surface area contributed by atoms with E-state index in [1.807, 2.05) is 0 Å². The molecule has 5 rings (SSSR count). The van der Waals surface area contributed by atoms with Gasteiger partial charge < -0.3 is 19.7 Å². The molecule has 37 heavy (non-hydrogen) atoms. The zero-order valence-corrected chi connectivity index (χ0v) is 25.4. The van der Waals surface area contributed by atoms with Crippen LogP contribution < -0.4 is 75.2 Å². The Morgan fingerprint density at radius 1 is 0.919 bits per heavy atom. The van der Waals surface area contributed by atoms with Gasteiger partial charge in [-0.05, 0) is 41.5 Å². The number of nitrogens with zero attached hydrogens (tertiary/aromatic N) is 1. The second kappa shape index (κ2) is 11.7. The molecule has 0 amide bonds. The van der Waals surface area contributed by atoms with Crippen molar-refractivity contribution in [3.8, 4) is 11.1 Å². The van der Waals surface area contributed by atoms with Crippen molar-refractivity contribution in [1.29, 1.82) is 0 Å². The number of carbonyl (C=O) groups excluding carboxylic acids is 1. The van der Waals surface area contributed by atoms with Gasteiger partial charge in [-0.2, -0.15) is 4.33 Å². The third-order valence-electron chi connectivity index (χ3n) is 5.76. The molecule has 0 unspecified atom stereocenters. The Morgan fingerprint density at radius 3 is 2.27 bits per heavy atom. The molecule has 1 aromatic heterocycles. The van der Waals surface area contributed by atoms with Gasteiger partial charge in [-0.3, -0.25) is 14.6 Å². The molecule has 0 radical (unpaired) electrons. The summed E-state index contributed by atoms with van der Waals surface area (Å²) >= 11 is 0.394. The van der Waals surface area contributed by atoms with Crippen molar-refractivity contribution < 1.29 is 91.5 Å². The first-order valence-corrected chi connectivity index (χ1v) is 12.2. The van der Waals surface area contributed by atoms with Gasteiger partial charge in [0, 0.05) is 24.1 Å². The Morgan fingerprint density at radius 2 is 1.59 bits per heavy atom. The molecule has 3 aromatic carbocycles. The molecule has 1 aliphatic carbocycles. The number of hydrogen-bond acceptors (Lipinski definition) is 10. The number of pyridine rings is 1. The minimum atomic E-state index is -4.78. The molecular weight excluding hydrogens is 542 g/mol. The van der Waals surface area contributed by atoms with Crippen LogP contribution in [0.1, 0.15) is 15.9 Å². The van der Waals surface area contributed by atoms with Crippen LogP contribution in [-0.2, 0) is 26.5 Å². The van der Waals surface area contributed by atoms with Crippen LogP contribution in [0.25, 0.3) is 22.0 Å². The number of hydrogen-bond donors (Lipinski definition) is 1. The van der Waals surface area contributed by atoms with Gasteiger partial charge in [-0.25, -0.2) is 8.42 Å². The number of nitrogens with one attached hydrogen (secondary N) is 1. The summed E-state index contributed by atoms with van der Waals surface area (Å²) in [5, 5.41) is 17.3. The van der Waals surface area contributed by atoms with E-state index in [1.54, 1.807) is 43.4 Å². The number of carbonyl (C=O) groups is 1. The fourth-order valence-electron chi connectivity index (χ4n) is 4.18. The first-order chi connectivity index (χ1) is 16.7. The standard InChI is InChI=1S/C23H16N2O8S2.2Na/c1-25-18-9-8-17(24-16-7-6-12(35(29,30)31)10-19(16)34-33-32-28)22-21(18)15(11-20(25)26)13-4-2-3-5-14(13)23(22)27;;/h2-11,24,28H,1H3,(H,29,30,31);;/q;2*+1/p-2. The van der Waals surface area contributed by atoms with Crippen LogP contribution in [0.5, 0.6) is 0 Å². The Kier molecular flexibility index (Phi) is 9.49. The molecule has 0 aliphatic heterocycles. The minimum absolute atomic E-state index is 0. The Labute approximate surface area is 259 Å². The maximum absolute atomic E-state index is 13.6. The Bertz CT molecular complexity index is 1710. The van der Waals surface area contributed by atoms with Crippen molar-refractivity contribution in [2.75, 3.05) is 5.32 Å². The normalized spacial score (nSPS) is 11.9. The van der Waals surface area contributed by atoms with E-state index in [0.717, 1.165) is 12.1 Å². The fourth-order valence-corrected chi connectivity index (χ4v) is 5.24. The van der Waals surface area contributed by atoms with Crippen molar-refractivity contribution in [1.82, 2.24) is 4.57 Å². The summed E-state index contributed by atoms with van der Waals surface area (Å²) < 4.78 is 40.1. The van der Waals surface area contributed by atoms with Gasteiger partial charge >= 0.3 is 59.1 Å². The van der Waals surface area contributed by atoms with Crippen molar-refractivity contribution in [2.24, 2.45) is 7.05 Å². The van der Waals surface area contributed by atoms with Gasteiger partial charge in [-0.1, -0.05) is 24.3 Å². The molecule has 1 N–H and O–H groups in total. The predicted octanol–water partition coefficient (Wildman–Crippen LogP) is -3.36. The van der Waals surface area contributed by atoms with Crippen LogP contribution in [0.15, 0.2) is 75.2 Å². The van der Waals surface area contributed by atoms with Gasteiger partial charge in [0.1, 0.15) is 10.1 Å². The molecule has 14 heteroatoms. The second-order valence-electron chi connectivity index (χ2n) is 7.67. The molecule has 1 aliphatic rings. The van der Waals surface area contributed by atoms with Crippen LogP contribution in [0, 0.1) is 0 Å². The van der Waals surface area contributed by atoms with Gasteiger partial charge in [0.05, 0.1) is 44.3 Å². The van der Waals surface area contributed by atoms with E-state index in [9.17, 15) is 27.8 Å². The SMILES string of the molecule is Cn1c(=O)cc2c3c(c(Nc4ccc(S(=O)(=O)[O-])cc4SOO[O-])ccc31)C(=O)c1ccccc1-2.[Na+].[Na+]. The van der Waals surface area contributed by atoms with Crippen LogP contribution >= 0.6 is 12.0 Å². The summed E-state index contributed by atoms with van der Waals surface area (Å²) in [5.74, 6) is -0.271. The van der Waals surface area contributed by atoms with Crippen LogP contribution in [0.4, 0.5) is 11.4 Å². The van der Waals surface area contributed by atoms with E-state index in [0.29, 0.717) is 50.9 Å². The second-order valence-corrected chi connectivity index (χ2v) is 9.79. The topological polar surface area (TPSA) is 150 Å². The molecule has 0 saturated heterocycles. The third-order valence-corrected chi connectivity index (χ3v) is 7.24. The summed E-state index contributed by atoms with van der Waals surface area (Å²) in [4.78, 5) is 25.7. The number of rotatable bonds is 6. The molecule has 0 saturated carbocycles. The summed E-state index contributed by atoms with van der Waals surface area (Å²) in [6, 6.07) is 15.2. The molecule has 1 heterocycles. The first-order valence-electron chi connectivity index (χ1n) is 10.0. The largest absolute Gasteiger partial charge is 1.00 e. The molecule has 10 nitrogen and oxygen atoms in total. The van der Waals surface area contributed by atoms with E-state index in [1.165, 1.54) is 16.7 Å².